The van der Waals surface area contributed by atoms with E-state index >= 15 is 0 Å². The molecule has 6 rings (SSSR count). The van der Waals surface area contributed by atoms with Crippen molar-refractivity contribution in [1.29, 1.82) is 0 Å². The summed E-state index contributed by atoms with van der Waals surface area (Å²) in [7, 11) is 3.28. The zero-order chi connectivity index (χ0) is 32.5. The molecule has 4 N–H and O–H groups in total. The Morgan fingerprint density at radius 1 is 0.319 bits per heavy atom. The molecule has 6 nitrogen and oxygen atoms in total. The summed E-state index contributed by atoms with van der Waals surface area (Å²) in [6, 6.07) is 44.0. The molecule has 0 bridgehead atoms. The molecule has 0 unspecified atom stereocenters. The maximum absolute atomic E-state index is 9.53. The molecule has 0 radical (unpaired) electrons. The van der Waals surface area contributed by atoms with Crippen LogP contribution in [0, 0.1) is 11.8 Å². The van der Waals surface area contributed by atoms with Crippen molar-refractivity contribution in [2.75, 3.05) is 14.2 Å². The number of hydrogen-bond acceptors (Lipinski definition) is 6. The Kier molecular flexibility index (Phi) is 12.8. The van der Waals surface area contributed by atoms with Crippen molar-refractivity contribution in [2.45, 2.75) is 0 Å². The number of phenolic OH excluding ortho intramolecular Hbond substituents is 4. The van der Waals surface area contributed by atoms with Crippen LogP contribution in [0.4, 0.5) is 0 Å². The summed E-state index contributed by atoms with van der Waals surface area (Å²) in [4.78, 5) is 0. The molecule has 6 aromatic carbocycles. The van der Waals surface area contributed by atoms with Crippen molar-refractivity contribution in [3.63, 3.8) is 0 Å². The van der Waals surface area contributed by atoms with Gasteiger partial charge in [-0.15, -0.1) is 0 Å². The monoisotopic (exact) mass is 695 g/mol. The van der Waals surface area contributed by atoms with Gasteiger partial charge in [0, 0.05) is 0 Å². The first-order valence-electron chi connectivity index (χ1n) is 14.5. The Labute approximate surface area is 324 Å². The first-order valence-corrected chi connectivity index (χ1v) is 14.5. The summed E-state index contributed by atoms with van der Waals surface area (Å²) in [5.41, 5.74) is 6.00. The molecule has 0 fully saturated rings. The van der Waals surface area contributed by atoms with E-state index in [4.69, 9.17) is 9.47 Å². The number of ether oxygens (including phenoxy) is 2. The van der Waals surface area contributed by atoms with Gasteiger partial charge in [-0.2, -0.15) is 0 Å². The predicted molar refractivity (Wildman–Crippen MR) is 180 cm³/mol. The molecule has 0 aliphatic rings. The Balaban J connectivity index is 0.000000208. The average molecular weight is 696 g/mol. The third-order valence-corrected chi connectivity index (χ3v) is 7.38. The third-order valence-electron chi connectivity index (χ3n) is 7.38. The van der Waals surface area contributed by atoms with Gasteiger partial charge in [0.1, 0.15) is 34.5 Å². The van der Waals surface area contributed by atoms with E-state index in [0.29, 0.717) is 0 Å². The Hall–Kier alpha value is -4.33. The van der Waals surface area contributed by atoms with Crippen LogP contribution in [-0.4, -0.2) is 34.6 Å². The van der Waals surface area contributed by atoms with Gasteiger partial charge in [0.05, 0.1) is 14.2 Å². The predicted octanol–water partition coefficient (Wildman–Crippen LogP) is 5.26. The van der Waals surface area contributed by atoms with Gasteiger partial charge in [-0.1, -0.05) is 118 Å². The van der Waals surface area contributed by atoms with Crippen molar-refractivity contribution in [1.82, 2.24) is 0 Å². The normalized spacial score (nSPS) is 10.1. The minimum Gasteiger partial charge on any atom is -0.509 e. The number of rotatable bonds is 8. The van der Waals surface area contributed by atoms with E-state index in [0.717, 1.165) is 56.7 Å². The van der Waals surface area contributed by atoms with Gasteiger partial charge in [-0.25, -0.2) is 0 Å². The molecule has 0 aliphatic heterocycles. The number of phenols is 4. The van der Waals surface area contributed by atoms with Crippen LogP contribution in [-0.2, 0) is 0 Å². The molecule has 232 valence electrons. The number of methoxy groups -OCH3 is 2. The second-order valence-electron chi connectivity index (χ2n) is 10.4. The molecule has 6 aromatic rings. The van der Waals surface area contributed by atoms with Crippen molar-refractivity contribution in [2.24, 2.45) is 0 Å². The third kappa shape index (κ3) is 9.36. The summed E-state index contributed by atoms with van der Waals surface area (Å²) >= 11 is 0. The zero-order valence-corrected chi connectivity index (χ0v) is 31.4. The molecule has 7 heteroatoms. The van der Waals surface area contributed by atoms with Crippen LogP contribution in [0.25, 0.3) is 0 Å². The summed E-state index contributed by atoms with van der Waals surface area (Å²) in [6.45, 7) is 0. The molecule has 47 heavy (non-hydrogen) atoms. The molecule has 0 atom stereocenters. The Morgan fingerprint density at radius 2 is 0.489 bits per heavy atom. The minimum absolute atomic E-state index is 0. The Morgan fingerprint density at radius 3 is 0.660 bits per heavy atom. The van der Waals surface area contributed by atoms with Crippen LogP contribution in [0.3, 0.4) is 0 Å². The van der Waals surface area contributed by atoms with Gasteiger partial charge >= 0.3 is 58.2 Å². The molecule has 0 amide bonds. The summed E-state index contributed by atoms with van der Waals surface area (Å²) in [6.07, 6.45) is 0. The average Bonchev–Trinajstić information content (AvgIpc) is 3.09. The smallest absolute Gasteiger partial charge is 0.509 e. The number of aromatic hydroxyl groups is 4. The van der Waals surface area contributed by atoms with E-state index in [9.17, 15) is 20.4 Å². The molecular weight excluding hydrogens is 662 g/mol. The fourth-order valence-corrected chi connectivity index (χ4v) is 5.03. The topological polar surface area (TPSA) is 99.4 Å². The second kappa shape index (κ2) is 17.0. The molecule has 0 saturated heterocycles. The minimum atomic E-state index is 0. The molecule has 0 aliphatic carbocycles. The molecule has 0 saturated carbocycles. The summed E-state index contributed by atoms with van der Waals surface area (Å²) < 4.78 is 10.4. The standard InChI is InChI=1S/2C20H17O3.Rb/c2*1-23-19-12-6-16(7-13-19)20(14-2-8-17(21)9-3-14)15-4-10-18(22)11-5-15;/h2*2-13,21-22H,1H3;/q2*-1;+1. The zero-order valence-electron chi connectivity index (χ0n) is 26.5. The van der Waals surface area contributed by atoms with E-state index in [1.165, 1.54) is 0 Å². The van der Waals surface area contributed by atoms with E-state index < -0.39 is 0 Å². The summed E-state index contributed by atoms with van der Waals surface area (Å²) in [5.74, 6) is 4.55. The van der Waals surface area contributed by atoms with E-state index in [1.54, 1.807) is 62.8 Å². The van der Waals surface area contributed by atoms with Crippen LogP contribution >= 0.6 is 0 Å². The van der Waals surface area contributed by atoms with Gasteiger partial charge in [-0.3, -0.25) is 0 Å². The largest absolute Gasteiger partial charge is 1.00 e. The van der Waals surface area contributed by atoms with Crippen LogP contribution in [0.5, 0.6) is 34.5 Å². The van der Waals surface area contributed by atoms with Crippen molar-refractivity contribution in [3.05, 3.63) is 191 Å². The summed E-state index contributed by atoms with van der Waals surface area (Å²) in [5, 5.41) is 38.1. The van der Waals surface area contributed by atoms with Gasteiger partial charge in [0.15, 0.2) is 0 Å². The number of benzene rings is 6. The van der Waals surface area contributed by atoms with E-state index in [1.807, 2.05) is 97.1 Å². The first-order chi connectivity index (χ1) is 22.3. The van der Waals surface area contributed by atoms with Gasteiger partial charge in [-0.05, 0) is 72.8 Å². The quantitative estimate of drug-likeness (QED) is 0.128. The maximum atomic E-state index is 9.53. The van der Waals surface area contributed by atoms with Crippen molar-refractivity contribution in [3.8, 4) is 34.5 Å². The maximum Gasteiger partial charge on any atom is 1.00 e. The fraction of sp³-hybridized carbons (Fsp3) is 0.0500. The first kappa shape index (κ1) is 35.5. The Bertz CT molecular complexity index is 1570. The SMILES string of the molecule is COc1ccc([C-](c2ccc(O)cc2)c2ccc(O)cc2)cc1.COc1ccc([C-](c2ccc(O)cc2)c2ccc(O)cc2)cc1.[Rb+]. The molecule has 0 heterocycles. The van der Waals surface area contributed by atoms with Crippen molar-refractivity contribution >= 4 is 0 Å². The molecule has 0 spiro atoms. The van der Waals surface area contributed by atoms with Crippen LogP contribution < -0.4 is 67.7 Å². The molecule has 0 aromatic heterocycles. The van der Waals surface area contributed by atoms with Crippen LogP contribution in [0.15, 0.2) is 146 Å². The van der Waals surface area contributed by atoms with Gasteiger partial charge < -0.3 is 29.9 Å². The number of hydrogen-bond donors (Lipinski definition) is 4. The molecular formula is C40H34O6Rb-. The second-order valence-corrected chi connectivity index (χ2v) is 10.4. The van der Waals surface area contributed by atoms with Gasteiger partial charge in [0.2, 0.25) is 0 Å². The van der Waals surface area contributed by atoms with E-state index in [2.05, 4.69) is 0 Å². The fourth-order valence-electron chi connectivity index (χ4n) is 5.03. The van der Waals surface area contributed by atoms with E-state index in [-0.39, 0.29) is 81.2 Å². The van der Waals surface area contributed by atoms with Crippen LogP contribution in [0.1, 0.15) is 33.4 Å². The van der Waals surface area contributed by atoms with Crippen LogP contribution in [0.2, 0.25) is 0 Å². The van der Waals surface area contributed by atoms with Crippen molar-refractivity contribution < 1.29 is 88.1 Å². The van der Waals surface area contributed by atoms with Gasteiger partial charge in [0.25, 0.3) is 0 Å².